The third-order valence-corrected chi connectivity index (χ3v) is 2.63. The van der Waals surface area contributed by atoms with Crippen molar-refractivity contribution in [2.24, 2.45) is 20.8 Å². The fraction of sp³-hybridized carbons (Fsp3) is 0.833. The Labute approximate surface area is 109 Å². The van der Waals surface area contributed by atoms with E-state index in [9.17, 15) is 0 Å². The zero-order valence-electron chi connectivity index (χ0n) is 10.5. The maximum Gasteiger partial charge on any atom is 0.0585 e. The molecule has 0 aromatic rings. The van der Waals surface area contributed by atoms with E-state index < -0.39 is 0 Å². The van der Waals surface area contributed by atoms with Crippen LogP contribution in [0.5, 0.6) is 0 Å². The average molecular weight is 256 g/mol. The van der Waals surface area contributed by atoms with Crippen LogP contribution in [0.4, 0.5) is 0 Å². The molecule has 0 heterocycles. The first-order chi connectivity index (χ1) is 7.33. The van der Waals surface area contributed by atoms with Crippen molar-refractivity contribution < 1.29 is 0 Å². The molecule has 0 fully saturated rings. The van der Waals surface area contributed by atoms with Crippen molar-refractivity contribution in [3.05, 3.63) is 0 Å². The summed E-state index contributed by atoms with van der Waals surface area (Å²) in [5.74, 6) is 0. The second kappa shape index (κ2) is 7.03. The topological polar surface area (TPSA) is 24.7 Å². The van der Waals surface area contributed by atoms with E-state index in [2.05, 4.69) is 72.4 Å². The van der Waals surface area contributed by atoms with Crippen LogP contribution in [0.3, 0.4) is 0 Å². The summed E-state index contributed by atoms with van der Waals surface area (Å²) in [7, 11) is 0. The van der Waals surface area contributed by atoms with Crippen LogP contribution in [-0.4, -0.2) is 23.4 Å². The third kappa shape index (κ3) is 7.84. The van der Waals surface area contributed by atoms with E-state index in [1.54, 1.807) is 0 Å². The van der Waals surface area contributed by atoms with Crippen LogP contribution in [0.2, 0.25) is 0 Å². The minimum absolute atomic E-state index is 0.111. The van der Waals surface area contributed by atoms with Crippen LogP contribution < -0.4 is 0 Å². The maximum atomic E-state index is 4.63. The van der Waals surface area contributed by atoms with Gasteiger partial charge in [0.05, 0.1) is 16.9 Å². The molecule has 0 rings (SSSR count). The first-order valence-electron chi connectivity index (χ1n) is 5.40. The molecular formula is C12H20N2S2. The highest BCUT2D eigenvalue weighted by Gasteiger charge is 2.29. The van der Waals surface area contributed by atoms with Crippen molar-refractivity contribution in [3.8, 4) is 0 Å². The summed E-state index contributed by atoms with van der Waals surface area (Å²) in [5.41, 5.74) is 0.382. The van der Waals surface area contributed by atoms with Gasteiger partial charge in [0.25, 0.3) is 0 Å². The second-order valence-corrected chi connectivity index (χ2v) is 6.04. The van der Waals surface area contributed by atoms with Crippen LogP contribution in [0.25, 0.3) is 0 Å². The summed E-state index contributed by atoms with van der Waals surface area (Å²) in [6.07, 6.45) is 2.03. The smallest absolute Gasteiger partial charge is 0.0585 e. The number of isothiocyanates is 2. The van der Waals surface area contributed by atoms with Gasteiger partial charge in [-0.05, 0) is 48.1 Å². The molecule has 0 amide bonds. The van der Waals surface area contributed by atoms with Crippen molar-refractivity contribution in [1.82, 2.24) is 0 Å². The molecule has 0 aromatic carbocycles. The molecule has 0 aliphatic rings. The van der Waals surface area contributed by atoms with Gasteiger partial charge in [-0.1, -0.05) is 27.7 Å². The molecule has 4 heteroatoms. The maximum absolute atomic E-state index is 4.63. The fourth-order valence-corrected chi connectivity index (χ4v) is 2.25. The number of aliphatic imine (C=N–C) groups is 2. The van der Waals surface area contributed by atoms with Gasteiger partial charge in [-0.2, -0.15) is 0 Å². The lowest BCUT2D eigenvalue weighted by atomic mass is 9.73. The van der Waals surface area contributed by atoms with Gasteiger partial charge in [-0.25, -0.2) is 9.98 Å². The average Bonchev–Trinajstić information content (AvgIpc) is 2.12. The van der Waals surface area contributed by atoms with Crippen molar-refractivity contribution in [2.75, 3.05) is 13.1 Å². The first kappa shape index (κ1) is 15.6. The van der Waals surface area contributed by atoms with Crippen LogP contribution in [-0.2, 0) is 0 Å². The van der Waals surface area contributed by atoms with E-state index in [4.69, 9.17) is 0 Å². The monoisotopic (exact) mass is 256 g/mol. The predicted molar refractivity (Wildman–Crippen MR) is 76.6 cm³/mol. The molecular weight excluding hydrogens is 236 g/mol. The predicted octanol–water partition coefficient (Wildman–Crippen LogP) is 4.02. The largest absolute Gasteiger partial charge is 0.233 e. The Kier molecular flexibility index (Phi) is 6.85. The summed E-state index contributed by atoms with van der Waals surface area (Å²) in [5, 5.41) is 4.84. The third-order valence-electron chi connectivity index (χ3n) is 2.37. The summed E-state index contributed by atoms with van der Waals surface area (Å²) in [6, 6.07) is 0. The molecule has 90 valence electrons. The van der Waals surface area contributed by atoms with Gasteiger partial charge in [0, 0.05) is 6.54 Å². The zero-order chi connectivity index (χ0) is 12.7. The number of nitrogens with zero attached hydrogens (tertiary/aromatic N) is 2. The number of rotatable bonds is 6. The van der Waals surface area contributed by atoms with Crippen LogP contribution >= 0.6 is 24.4 Å². The summed E-state index contributed by atoms with van der Waals surface area (Å²) in [6.45, 7) is 10.3. The van der Waals surface area contributed by atoms with Gasteiger partial charge in [-0.3, -0.25) is 0 Å². The van der Waals surface area contributed by atoms with Crippen LogP contribution in [0, 0.1) is 10.8 Å². The van der Waals surface area contributed by atoms with Crippen LogP contribution in [0.15, 0.2) is 9.98 Å². The molecule has 0 N–H and O–H groups in total. The quantitative estimate of drug-likeness (QED) is 0.529. The molecule has 16 heavy (non-hydrogen) atoms. The minimum atomic E-state index is 0.111. The summed E-state index contributed by atoms with van der Waals surface area (Å²) < 4.78 is 0. The molecule has 2 nitrogen and oxygen atoms in total. The number of hydrogen-bond donors (Lipinski definition) is 0. The van der Waals surface area contributed by atoms with Gasteiger partial charge in [0.15, 0.2) is 0 Å². The molecule has 1 atom stereocenters. The van der Waals surface area contributed by atoms with Gasteiger partial charge in [-0.15, -0.1) is 0 Å². The van der Waals surface area contributed by atoms with E-state index in [-0.39, 0.29) is 10.8 Å². The Balaban J connectivity index is 4.58. The van der Waals surface area contributed by atoms with Crippen molar-refractivity contribution in [1.29, 1.82) is 0 Å². The number of hydrogen-bond acceptors (Lipinski definition) is 4. The zero-order valence-corrected chi connectivity index (χ0v) is 12.2. The normalized spacial score (nSPS) is 14.5. The SMILES string of the molecule is CC(C)(C)CC(C)(CCN=C=S)CN=C=S. The van der Waals surface area contributed by atoms with Gasteiger partial charge in [0.1, 0.15) is 0 Å². The minimum Gasteiger partial charge on any atom is -0.233 e. The molecule has 0 spiro atoms. The Morgan fingerprint density at radius 3 is 2.00 bits per heavy atom. The Morgan fingerprint density at radius 1 is 1.00 bits per heavy atom. The number of thiocarbonyl (C=S) groups is 2. The lowest BCUT2D eigenvalue weighted by molar-refractivity contribution is 0.189. The molecule has 0 saturated carbocycles. The standard InChI is InChI=1S/C12H20N2S2/c1-11(2,3)7-12(4,8-14-10-16)5-6-13-9-15/h5-8H2,1-4H3. The fourth-order valence-electron chi connectivity index (χ4n) is 2.10. The Hall–Kier alpha value is -0.400. The van der Waals surface area contributed by atoms with Crippen molar-refractivity contribution >= 4 is 34.8 Å². The molecule has 0 saturated heterocycles. The molecule has 0 bridgehead atoms. The van der Waals surface area contributed by atoms with Gasteiger partial charge < -0.3 is 0 Å². The second-order valence-electron chi connectivity index (χ2n) is 5.68. The highest BCUT2D eigenvalue weighted by Crippen LogP contribution is 2.36. The van der Waals surface area contributed by atoms with E-state index in [1.807, 2.05) is 0 Å². The van der Waals surface area contributed by atoms with Gasteiger partial charge >= 0.3 is 0 Å². The summed E-state index contributed by atoms with van der Waals surface area (Å²) >= 11 is 9.20. The van der Waals surface area contributed by atoms with Gasteiger partial charge in [0.2, 0.25) is 0 Å². The lowest BCUT2D eigenvalue weighted by Crippen LogP contribution is -2.27. The van der Waals surface area contributed by atoms with Crippen LogP contribution in [0.1, 0.15) is 40.5 Å². The Morgan fingerprint density at radius 2 is 1.56 bits per heavy atom. The molecule has 0 radical (unpaired) electrons. The van der Waals surface area contributed by atoms with Crippen molar-refractivity contribution in [2.45, 2.75) is 40.5 Å². The molecule has 0 aliphatic heterocycles. The highest BCUT2D eigenvalue weighted by atomic mass is 32.1. The Bertz CT molecular complexity index is 307. The van der Waals surface area contributed by atoms with E-state index in [1.165, 1.54) is 0 Å². The van der Waals surface area contributed by atoms with E-state index in [0.29, 0.717) is 13.1 Å². The highest BCUT2D eigenvalue weighted by molar-refractivity contribution is 7.78. The molecule has 0 aromatic heterocycles. The van der Waals surface area contributed by atoms with E-state index >= 15 is 0 Å². The van der Waals surface area contributed by atoms with E-state index in [0.717, 1.165) is 12.8 Å². The molecule has 1 unspecified atom stereocenters. The van der Waals surface area contributed by atoms with Crippen molar-refractivity contribution in [3.63, 3.8) is 0 Å². The first-order valence-corrected chi connectivity index (χ1v) is 6.22. The molecule has 0 aliphatic carbocycles. The summed E-state index contributed by atoms with van der Waals surface area (Å²) in [4.78, 5) is 8.06. The lowest BCUT2D eigenvalue weighted by Gasteiger charge is -2.33.